The predicted octanol–water partition coefficient (Wildman–Crippen LogP) is 2.51. The number of hydrogen-bond acceptors (Lipinski definition) is 6. The smallest absolute Gasteiger partial charge is 0.254 e. The summed E-state index contributed by atoms with van der Waals surface area (Å²) in [6, 6.07) is 5.21. The van der Waals surface area contributed by atoms with Gasteiger partial charge in [-0.25, -0.2) is 14.5 Å². The van der Waals surface area contributed by atoms with Gasteiger partial charge in [-0.1, -0.05) is 11.6 Å². The first-order chi connectivity index (χ1) is 13.0. The monoisotopic (exact) mass is 386 g/mol. The van der Waals surface area contributed by atoms with E-state index in [1.807, 2.05) is 17.9 Å². The van der Waals surface area contributed by atoms with E-state index in [2.05, 4.69) is 20.1 Å². The van der Waals surface area contributed by atoms with Gasteiger partial charge in [0, 0.05) is 36.3 Å². The molecular formula is C18H19ClN6O2. The van der Waals surface area contributed by atoms with Gasteiger partial charge in [0.15, 0.2) is 0 Å². The van der Waals surface area contributed by atoms with Crippen LogP contribution in [-0.4, -0.2) is 55.6 Å². The van der Waals surface area contributed by atoms with E-state index in [1.165, 1.54) is 13.4 Å². The Kier molecular flexibility index (Phi) is 4.65. The maximum atomic E-state index is 13.0. The number of methoxy groups -OCH3 is 1. The van der Waals surface area contributed by atoms with Crippen molar-refractivity contribution in [3.8, 4) is 5.88 Å². The summed E-state index contributed by atoms with van der Waals surface area (Å²) >= 11 is 6.02. The van der Waals surface area contributed by atoms with Gasteiger partial charge in [0.1, 0.15) is 11.5 Å². The number of fused-ring (bicyclic) bond motifs is 1. The third-order valence-electron chi connectivity index (χ3n) is 4.76. The van der Waals surface area contributed by atoms with Crippen molar-refractivity contribution >= 4 is 23.3 Å². The summed E-state index contributed by atoms with van der Waals surface area (Å²) in [4.78, 5) is 27.5. The average Bonchev–Trinajstić information content (AvgIpc) is 3.14. The molecule has 1 aliphatic heterocycles. The Balaban J connectivity index is 1.62. The van der Waals surface area contributed by atoms with Gasteiger partial charge in [-0.05, 0) is 31.9 Å². The van der Waals surface area contributed by atoms with E-state index < -0.39 is 0 Å². The summed E-state index contributed by atoms with van der Waals surface area (Å²) in [5, 5.41) is 4.53. The molecule has 1 atom stereocenters. The van der Waals surface area contributed by atoms with Crippen molar-refractivity contribution in [2.24, 2.45) is 0 Å². The molecule has 4 rings (SSSR count). The highest BCUT2D eigenvalue weighted by molar-refractivity contribution is 6.29. The van der Waals surface area contributed by atoms with Crippen LogP contribution in [0.2, 0.25) is 5.15 Å². The zero-order chi connectivity index (χ0) is 19.0. The molecule has 0 aliphatic carbocycles. The number of amides is 1. The number of rotatable bonds is 3. The molecule has 0 N–H and O–H groups in total. The Morgan fingerprint density at radius 3 is 2.96 bits per heavy atom. The Hall–Kier alpha value is -2.74. The van der Waals surface area contributed by atoms with Crippen LogP contribution in [0.4, 0.5) is 0 Å². The molecule has 0 aromatic carbocycles. The molecule has 1 amide bonds. The van der Waals surface area contributed by atoms with Gasteiger partial charge in [-0.3, -0.25) is 4.79 Å². The van der Waals surface area contributed by atoms with Crippen LogP contribution in [0.5, 0.6) is 5.88 Å². The fraction of sp³-hybridized carbons (Fsp3) is 0.389. The highest BCUT2D eigenvalue weighted by atomic mass is 35.5. The first-order valence-electron chi connectivity index (χ1n) is 8.73. The number of carbonyl (C=O) groups is 1. The molecule has 0 unspecified atom stereocenters. The van der Waals surface area contributed by atoms with Gasteiger partial charge in [0.05, 0.1) is 12.8 Å². The van der Waals surface area contributed by atoms with Crippen molar-refractivity contribution in [1.82, 2.24) is 29.5 Å². The fourth-order valence-electron chi connectivity index (χ4n) is 3.54. The third-order valence-corrected chi connectivity index (χ3v) is 4.95. The third kappa shape index (κ3) is 3.44. The van der Waals surface area contributed by atoms with Crippen LogP contribution in [0.15, 0.2) is 24.5 Å². The summed E-state index contributed by atoms with van der Waals surface area (Å²) < 4.78 is 6.89. The predicted molar refractivity (Wildman–Crippen MR) is 99.2 cm³/mol. The van der Waals surface area contributed by atoms with Crippen molar-refractivity contribution < 1.29 is 9.53 Å². The zero-order valence-corrected chi connectivity index (χ0v) is 15.8. The molecule has 27 heavy (non-hydrogen) atoms. The van der Waals surface area contributed by atoms with Gasteiger partial charge in [0.2, 0.25) is 5.88 Å². The lowest BCUT2D eigenvalue weighted by Crippen LogP contribution is -2.39. The number of halogens is 1. The highest BCUT2D eigenvalue weighted by Gasteiger charge is 2.28. The SMILES string of the molecule is COc1cc(C(=O)N2CCC[C@H](c3cc(C)nc4ncnn34)C2)cc(Cl)n1. The summed E-state index contributed by atoms with van der Waals surface area (Å²) in [6.45, 7) is 3.23. The zero-order valence-electron chi connectivity index (χ0n) is 15.1. The number of carbonyl (C=O) groups excluding carboxylic acids is 1. The first kappa shape index (κ1) is 17.7. The van der Waals surface area contributed by atoms with E-state index in [0.717, 1.165) is 24.2 Å². The second-order valence-corrected chi connectivity index (χ2v) is 6.99. The number of aryl methyl sites for hydroxylation is 1. The van der Waals surface area contributed by atoms with Crippen LogP contribution >= 0.6 is 11.6 Å². The van der Waals surface area contributed by atoms with E-state index >= 15 is 0 Å². The van der Waals surface area contributed by atoms with E-state index in [-0.39, 0.29) is 17.0 Å². The van der Waals surface area contributed by atoms with Crippen molar-refractivity contribution in [2.45, 2.75) is 25.7 Å². The largest absolute Gasteiger partial charge is 0.481 e. The summed E-state index contributed by atoms with van der Waals surface area (Å²) in [5.41, 5.74) is 2.39. The molecular weight excluding hydrogens is 368 g/mol. The van der Waals surface area contributed by atoms with Crippen molar-refractivity contribution in [1.29, 1.82) is 0 Å². The van der Waals surface area contributed by atoms with Crippen LogP contribution in [0, 0.1) is 6.92 Å². The Labute approximate surface area is 161 Å². The number of likely N-dealkylation sites (tertiary alicyclic amines) is 1. The molecule has 1 fully saturated rings. The summed E-state index contributed by atoms with van der Waals surface area (Å²) in [6.07, 6.45) is 3.38. The minimum Gasteiger partial charge on any atom is -0.481 e. The van der Waals surface area contributed by atoms with E-state index in [4.69, 9.17) is 16.3 Å². The van der Waals surface area contributed by atoms with Crippen molar-refractivity contribution in [3.05, 3.63) is 46.6 Å². The van der Waals surface area contributed by atoms with E-state index in [9.17, 15) is 4.79 Å². The van der Waals surface area contributed by atoms with Crippen LogP contribution < -0.4 is 4.74 Å². The Morgan fingerprint density at radius 1 is 1.30 bits per heavy atom. The number of hydrogen-bond donors (Lipinski definition) is 0. The van der Waals surface area contributed by atoms with Crippen molar-refractivity contribution in [2.75, 3.05) is 20.2 Å². The average molecular weight is 387 g/mol. The van der Waals surface area contributed by atoms with E-state index in [1.54, 1.807) is 16.6 Å². The maximum Gasteiger partial charge on any atom is 0.254 e. The van der Waals surface area contributed by atoms with Gasteiger partial charge in [-0.15, -0.1) is 0 Å². The van der Waals surface area contributed by atoms with Crippen LogP contribution in [0.1, 0.15) is 40.5 Å². The molecule has 1 aliphatic rings. The topological polar surface area (TPSA) is 85.5 Å². The lowest BCUT2D eigenvalue weighted by atomic mass is 9.93. The molecule has 0 saturated carbocycles. The quantitative estimate of drug-likeness (QED) is 0.643. The van der Waals surface area contributed by atoms with Gasteiger partial charge in [0.25, 0.3) is 11.7 Å². The number of nitrogens with zero attached hydrogens (tertiary/aromatic N) is 6. The highest BCUT2D eigenvalue weighted by Crippen LogP contribution is 2.28. The summed E-state index contributed by atoms with van der Waals surface area (Å²) in [7, 11) is 1.50. The molecule has 4 heterocycles. The molecule has 1 saturated heterocycles. The van der Waals surface area contributed by atoms with Gasteiger partial charge >= 0.3 is 0 Å². The van der Waals surface area contributed by atoms with Crippen LogP contribution in [0.25, 0.3) is 5.78 Å². The minimum atomic E-state index is -0.0806. The number of ether oxygens (including phenoxy) is 1. The molecule has 0 radical (unpaired) electrons. The molecule has 0 spiro atoms. The Bertz CT molecular complexity index is 1000. The number of aromatic nitrogens is 5. The molecule has 8 nitrogen and oxygen atoms in total. The molecule has 3 aromatic rings. The second-order valence-electron chi connectivity index (χ2n) is 6.61. The maximum absolute atomic E-state index is 13.0. The van der Waals surface area contributed by atoms with Crippen LogP contribution in [-0.2, 0) is 0 Å². The lowest BCUT2D eigenvalue weighted by molar-refractivity contribution is 0.0704. The number of piperidine rings is 1. The molecule has 140 valence electrons. The second kappa shape index (κ2) is 7.11. The first-order valence-corrected chi connectivity index (χ1v) is 9.11. The molecule has 3 aromatic heterocycles. The lowest BCUT2D eigenvalue weighted by Gasteiger charge is -2.33. The molecule has 0 bridgehead atoms. The minimum absolute atomic E-state index is 0.0806. The summed E-state index contributed by atoms with van der Waals surface area (Å²) in [5.74, 6) is 0.989. The van der Waals surface area contributed by atoms with Crippen LogP contribution in [0.3, 0.4) is 0 Å². The normalized spacial score (nSPS) is 17.3. The molecule has 9 heteroatoms. The van der Waals surface area contributed by atoms with Gasteiger partial charge in [-0.2, -0.15) is 10.1 Å². The standard InChI is InChI=1S/C18H19ClN6O2/c1-11-6-14(25-18(22-11)20-10-21-25)12-4-3-5-24(9-12)17(26)13-7-15(19)23-16(8-13)27-2/h6-8,10,12H,3-5,9H2,1-2H3/t12-/m0/s1. The van der Waals surface area contributed by atoms with E-state index in [0.29, 0.717) is 30.3 Å². The Morgan fingerprint density at radius 2 is 2.15 bits per heavy atom. The number of pyridine rings is 1. The fourth-order valence-corrected chi connectivity index (χ4v) is 3.74. The van der Waals surface area contributed by atoms with Gasteiger partial charge < -0.3 is 9.64 Å². The van der Waals surface area contributed by atoms with Crippen molar-refractivity contribution in [3.63, 3.8) is 0 Å².